The van der Waals surface area contributed by atoms with Gasteiger partial charge in [0.25, 0.3) is 10.0 Å². The van der Waals surface area contributed by atoms with Gasteiger partial charge in [0.2, 0.25) is 11.8 Å². The van der Waals surface area contributed by atoms with E-state index in [-0.39, 0.29) is 29.6 Å². The Kier molecular flexibility index (Phi) is 10.8. The van der Waals surface area contributed by atoms with Crippen LogP contribution in [-0.4, -0.2) is 43.8 Å². The highest BCUT2D eigenvalue weighted by Gasteiger charge is 2.36. The largest absolute Gasteiger partial charge is 0.416 e. The quantitative estimate of drug-likeness (QED) is 0.278. The van der Waals surface area contributed by atoms with Gasteiger partial charge in [-0.2, -0.15) is 13.2 Å². The van der Waals surface area contributed by atoms with Gasteiger partial charge in [0.1, 0.15) is 12.6 Å². The molecule has 42 heavy (non-hydrogen) atoms. The lowest BCUT2D eigenvalue weighted by Gasteiger charge is -2.34. The Morgan fingerprint density at radius 3 is 2.12 bits per heavy atom. The summed E-state index contributed by atoms with van der Waals surface area (Å²) in [4.78, 5) is 28.4. The van der Waals surface area contributed by atoms with E-state index in [1.807, 2.05) is 13.8 Å². The fraction of sp³-hybridized carbons (Fsp3) is 0.355. The second-order valence-corrected chi connectivity index (χ2v) is 12.0. The molecule has 0 unspecified atom stereocenters. The average molecular weight is 604 g/mol. The second-order valence-electron chi connectivity index (χ2n) is 10.1. The van der Waals surface area contributed by atoms with E-state index >= 15 is 0 Å². The van der Waals surface area contributed by atoms with Crippen LogP contribution in [0.2, 0.25) is 0 Å². The first-order valence-corrected chi connectivity index (χ1v) is 15.1. The number of alkyl halides is 3. The van der Waals surface area contributed by atoms with Crippen molar-refractivity contribution < 1.29 is 31.2 Å². The van der Waals surface area contributed by atoms with Crippen molar-refractivity contribution in [3.8, 4) is 0 Å². The number of sulfonamides is 1. The van der Waals surface area contributed by atoms with Crippen LogP contribution in [0.5, 0.6) is 0 Å². The third kappa shape index (κ3) is 8.12. The first-order valence-electron chi connectivity index (χ1n) is 13.7. The molecular formula is C31H36F3N3O4S. The van der Waals surface area contributed by atoms with Crippen LogP contribution in [0.1, 0.15) is 50.3 Å². The molecule has 0 spiro atoms. The molecule has 0 fully saturated rings. The normalized spacial score (nSPS) is 13.2. The molecule has 0 aliphatic rings. The lowest BCUT2D eigenvalue weighted by atomic mass is 10.1. The molecule has 0 saturated carbocycles. The van der Waals surface area contributed by atoms with Crippen LogP contribution in [-0.2, 0) is 32.3 Å². The molecule has 0 saturated heterocycles. The molecular weight excluding hydrogens is 567 g/mol. The van der Waals surface area contributed by atoms with Gasteiger partial charge in [0, 0.05) is 12.6 Å². The van der Waals surface area contributed by atoms with Crippen molar-refractivity contribution in [2.24, 2.45) is 0 Å². The van der Waals surface area contributed by atoms with Gasteiger partial charge in [-0.3, -0.25) is 13.9 Å². The molecule has 3 aromatic carbocycles. The highest BCUT2D eigenvalue weighted by Crippen LogP contribution is 2.33. The SMILES string of the molecule is CC[C@H](C(=O)N[C@@H](C)CC)N(Cc1ccccc1)C(=O)CN(c1cccc(C(F)(F)F)c1)S(=O)(=O)c1ccc(C)cc1. The molecule has 0 aromatic heterocycles. The third-order valence-electron chi connectivity index (χ3n) is 6.93. The van der Waals surface area contributed by atoms with E-state index in [0.717, 1.165) is 17.7 Å². The summed E-state index contributed by atoms with van der Waals surface area (Å²) in [7, 11) is -4.49. The number of carbonyl (C=O) groups excluding carboxylic acids is 2. The van der Waals surface area contributed by atoms with Crippen molar-refractivity contribution in [1.82, 2.24) is 10.2 Å². The van der Waals surface area contributed by atoms with Crippen molar-refractivity contribution in [1.29, 1.82) is 0 Å². The van der Waals surface area contributed by atoms with E-state index in [1.54, 1.807) is 56.3 Å². The maximum absolute atomic E-state index is 14.0. The van der Waals surface area contributed by atoms with Crippen LogP contribution in [0.4, 0.5) is 18.9 Å². The molecule has 0 bridgehead atoms. The maximum Gasteiger partial charge on any atom is 0.416 e. The van der Waals surface area contributed by atoms with Gasteiger partial charge in [-0.1, -0.05) is 67.9 Å². The minimum absolute atomic E-state index is 0.00683. The summed E-state index contributed by atoms with van der Waals surface area (Å²) in [5.41, 5.74) is 0.100. The number of halogens is 3. The van der Waals surface area contributed by atoms with Crippen LogP contribution >= 0.6 is 0 Å². The molecule has 7 nitrogen and oxygen atoms in total. The molecule has 3 rings (SSSR count). The molecule has 2 atom stereocenters. The Balaban J connectivity index is 2.11. The van der Waals surface area contributed by atoms with E-state index < -0.39 is 46.2 Å². The van der Waals surface area contributed by atoms with Crippen LogP contribution in [0, 0.1) is 6.92 Å². The fourth-order valence-corrected chi connectivity index (χ4v) is 5.75. The van der Waals surface area contributed by atoms with Crippen molar-refractivity contribution in [2.75, 3.05) is 10.8 Å². The molecule has 3 aromatic rings. The van der Waals surface area contributed by atoms with Gasteiger partial charge in [-0.05, 0) is 62.6 Å². The number of hydrogen-bond acceptors (Lipinski definition) is 4. The van der Waals surface area contributed by atoms with Crippen LogP contribution < -0.4 is 9.62 Å². The number of nitrogens with zero attached hydrogens (tertiary/aromatic N) is 2. The van der Waals surface area contributed by atoms with E-state index in [9.17, 15) is 31.2 Å². The Labute approximate surface area is 245 Å². The van der Waals surface area contributed by atoms with E-state index in [1.165, 1.54) is 23.1 Å². The summed E-state index contributed by atoms with van der Waals surface area (Å²) in [6, 6.07) is 17.4. The number of rotatable bonds is 12. The molecule has 1 N–H and O–H groups in total. The van der Waals surface area contributed by atoms with Gasteiger partial charge >= 0.3 is 6.18 Å². The molecule has 226 valence electrons. The van der Waals surface area contributed by atoms with Crippen LogP contribution in [0.3, 0.4) is 0 Å². The lowest BCUT2D eigenvalue weighted by Crippen LogP contribution is -2.53. The predicted molar refractivity (Wildman–Crippen MR) is 156 cm³/mol. The summed E-state index contributed by atoms with van der Waals surface area (Å²) < 4.78 is 69.3. The van der Waals surface area contributed by atoms with Crippen molar-refractivity contribution >= 4 is 27.5 Å². The zero-order valence-electron chi connectivity index (χ0n) is 24.1. The minimum Gasteiger partial charge on any atom is -0.352 e. The summed E-state index contributed by atoms with van der Waals surface area (Å²) in [5.74, 6) is -1.14. The predicted octanol–water partition coefficient (Wildman–Crippen LogP) is 5.93. The number of carbonyl (C=O) groups is 2. The highest BCUT2D eigenvalue weighted by atomic mass is 32.2. The number of anilines is 1. The monoisotopic (exact) mass is 603 g/mol. The van der Waals surface area contributed by atoms with Gasteiger partial charge in [0.15, 0.2) is 0 Å². The maximum atomic E-state index is 14.0. The van der Waals surface area contributed by atoms with Crippen molar-refractivity contribution in [2.45, 2.75) is 70.2 Å². The summed E-state index contributed by atoms with van der Waals surface area (Å²) in [6.07, 6.45) is -3.85. The van der Waals surface area contributed by atoms with Crippen molar-refractivity contribution in [3.63, 3.8) is 0 Å². The molecule has 0 aliphatic heterocycles. The summed E-state index contributed by atoms with van der Waals surface area (Å²) >= 11 is 0. The topological polar surface area (TPSA) is 86.8 Å². The van der Waals surface area contributed by atoms with Gasteiger partial charge in [-0.25, -0.2) is 8.42 Å². The highest BCUT2D eigenvalue weighted by molar-refractivity contribution is 7.92. The molecule has 0 aliphatic carbocycles. The minimum atomic E-state index is -4.74. The third-order valence-corrected chi connectivity index (χ3v) is 8.72. The van der Waals surface area contributed by atoms with Crippen molar-refractivity contribution in [3.05, 3.63) is 95.6 Å². The number of aryl methyl sites for hydroxylation is 1. The van der Waals surface area contributed by atoms with Crippen LogP contribution in [0.15, 0.2) is 83.8 Å². The van der Waals surface area contributed by atoms with Gasteiger partial charge in [0.05, 0.1) is 16.1 Å². The smallest absolute Gasteiger partial charge is 0.352 e. The summed E-state index contributed by atoms with van der Waals surface area (Å²) in [6.45, 7) is 6.41. The summed E-state index contributed by atoms with van der Waals surface area (Å²) in [5, 5.41) is 2.88. The number of hydrogen-bond donors (Lipinski definition) is 1. The zero-order chi connectivity index (χ0) is 31.1. The Morgan fingerprint density at radius 2 is 1.55 bits per heavy atom. The molecule has 11 heteroatoms. The van der Waals surface area contributed by atoms with E-state index in [4.69, 9.17) is 0 Å². The average Bonchev–Trinajstić information content (AvgIpc) is 2.95. The molecule has 0 heterocycles. The molecule has 2 amide bonds. The fourth-order valence-electron chi connectivity index (χ4n) is 4.34. The Hall–Kier alpha value is -3.86. The van der Waals surface area contributed by atoms with E-state index in [0.29, 0.717) is 22.4 Å². The van der Waals surface area contributed by atoms with Crippen LogP contribution in [0.25, 0.3) is 0 Å². The first kappa shape index (κ1) is 32.7. The number of benzene rings is 3. The lowest BCUT2D eigenvalue weighted by molar-refractivity contribution is -0.140. The first-order chi connectivity index (χ1) is 19.8. The Morgan fingerprint density at radius 1 is 0.905 bits per heavy atom. The second kappa shape index (κ2) is 13.9. The standard InChI is InChI=1S/C31H36F3N3O4S/c1-5-23(4)35-30(39)28(6-2)36(20-24-11-8-7-9-12-24)29(38)21-37(26-14-10-13-25(19-26)31(32,33)34)42(40,41)27-17-15-22(3)16-18-27/h7-19,23,28H,5-6,20-21H2,1-4H3,(H,35,39)/t23-,28+/m0/s1. The van der Waals surface area contributed by atoms with Gasteiger partial charge in [-0.15, -0.1) is 0 Å². The van der Waals surface area contributed by atoms with E-state index in [2.05, 4.69) is 5.32 Å². The zero-order valence-corrected chi connectivity index (χ0v) is 24.9. The Bertz CT molecular complexity index is 1460. The number of amides is 2. The molecule has 0 radical (unpaired) electrons. The number of nitrogens with one attached hydrogen (secondary N) is 1. The van der Waals surface area contributed by atoms with Gasteiger partial charge < -0.3 is 10.2 Å².